The Morgan fingerprint density at radius 3 is 2.09 bits per heavy atom. The van der Waals surface area contributed by atoms with Crippen molar-refractivity contribution in [3.8, 4) is 0 Å². The molecule has 7 heteroatoms. The highest BCUT2D eigenvalue weighted by Crippen LogP contribution is 2.55. The standard InChI is InChI=1S/C26H36N4O3/c1-17(30-9-7-21(8-10-30)24(32)27-22-5-3-2-4-6-22)23(31)28-25(33)29-26-14-18-11-19(15-26)13-20(12-18)16-26/h2-6,17-21H,7-16H2,1H3,(H,27,32)(H2,28,29,31,33). The number of rotatable bonds is 5. The first-order chi connectivity index (χ1) is 15.9. The molecule has 1 aliphatic heterocycles. The number of carbonyl (C=O) groups is 3. The van der Waals surface area contributed by atoms with Crippen LogP contribution in [0.4, 0.5) is 10.5 Å². The minimum absolute atomic E-state index is 0.0351. The van der Waals surface area contributed by atoms with E-state index in [9.17, 15) is 14.4 Å². The van der Waals surface area contributed by atoms with Gasteiger partial charge >= 0.3 is 6.03 Å². The highest BCUT2D eigenvalue weighted by atomic mass is 16.2. The van der Waals surface area contributed by atoms with Crippen molar-refractivity contribution >= 4 is 23.5 Å². The third-order valence-corrected chi connectivity index (χ3v) is 8.52. The summed E-state index contributed by atoms with van der Waals surface area (Å²) in [4.78, 5) is 40.2. The van der Waals surface area contributed by atoms with Crippen molar-refractivity contribution in [2.24, 2.45) is 23.7 Å². The summed E-state index contributed by atoms with van der Waals surface area (Å²) in [5.74, 6) is 1.94. The molecule has 1 atom stereocenters. The maximum atomic E-state index is 12.8. The fraction of sp³-hybridized carbons (Fsp3) is 0.654. The van der Waals surface area contributed by atoms with Crippen LogP contribution in [0.2, 0.25) is 0 Å². The molecular formula is C26H36N4O3. The molecular weight excluding hydrogens is 416 g/mol. The summed E-state index contributed by atoms with van der Waals surface area (Å²) in [5, 5.41) is 8.80. The van der Waals surface area contributed by atoms with Crippen LogP contribution in [0.3, 0.4) is 0 Å². The van der Waals surface area contributed by atoms with E-state index in [0.717, 1.165) is 42.7 Å². The lowest BCUT2D eigenvalue weighted by atomic mass is 9.53. The van der Waals surface area contributed by atoms with Gasteiger partial charge < -0.3 is 10.6 Å². The van der Waals surface area contributed by atoms with Crippen LogP contribution < -0.4 is 16.0 Å². The van der Waals surface area contributed by atoms with Gasteiger partial charge in [-0.3, -0.25) is 19.8 Å². The maximum Gasteiger partial charge on any atom is 0.321 e. The van der Waals surface area contributed by atoms with Crippen molar-refractivity contribution < 1.29 is 14.4 Å². The number of benzene rings is 1. The molecule has 4 bridgehead atoms. The van der Waals surface area contributed by atoms with E-state index in [1.165, 1.54) is 19.3 Å². The third-order valence-electron chi connectivity index (χ3n) is 8.52. The number of likely N-dealkylation sites (tertiary alicyclic amines) is 1. The molecule has 1 aromatic rings. The number of amides is 4. The molecule has 0 radical (unpaired) electrons. The number of urea groups is 1. The topological polar surface area (TPSA) is 90.5 Å². The zero-order valence-corrected chi connectivity index (χ0v) is 19.5. The SMILES string of the molecule is CC(C(=O)NC(=O)NC12CC3CC(CC(C3)C1)C2)N1CCC(C(=O)Nc2ccccc2)CC1. The highest BCUT2D eigenvalue weighted by Gasteiger charge is 2.51. The molecule has 5 fully saturated rings. The second kappa shape index (κ2) is 9.09. The van der Waals surface area contributed by atoms with Crippen molar-refractivity contribution in [1.29, 1.82) is 0 Å². The summed E-state index contributed by atoms with van der Waals surface area (Å²) in [6.45, 7) is 3.17. The lowest BCUT2D eigenvalue weighted by Gasteiger charge is -2.56. The van der Waals surface area contributed by atoms with E-state index in [1.54, 1.807) is 0 Å². The molecule has 6 rings (SSSR count). The summed E-state index contributed by atoms with van der Waals surface area (Å²) >= 11 is 0. The van der Waals surface area contributed by atoms with Gasteiger partial charge in [0.1, 0.15) is 0 Å². The Morgan fingerprint density at radius 1 is 0.939 bits per heavy atom. The normalized spacial score (nSPS) is 32.2. The van der Waals surface area contributed by atoms with E-state index in [4.69, 9.17) is 0 Å². The van der Waals surface area contributed by atoms with Gasteiger partial charge in [-0.05, 0) is 101 Å². The first kappa shape index (κ1) is 22.4. The Bertz CT molecular complexity index is 859. The van der Waals surface area contributed by atoms with Crippen LogP contribution in [0.5, 0.6) is 0 Å². The number of imide groups is 1. The van der Waals surface area contributed by atoms with E-state index in [2.05, 4.69) is 20.9 Å². The summed E-state index contributed by atoms with van der Waals surface area (Å²) in [5.41, 5.74) is 0.704. The van der Waals surface area contributed by atoms with Crippen LogP contribution in [-0.4, -0.2) is 47.4 Å². The quantitative estimate of drug-likeness (QED) is 0.638. The third kappa shape index (κ3) is 4.93. The molecule has 1 aromatic carbocycles. The van der Waals surface area contributed by atoms with Gasteiger partial charge in [-0.2, -0.15) is 0 Å². The Hall–Kier alpha value is -2.41. The number of nitrogens with one attached hydrogen (secondary N) is 3. The molecule has 5 aliphatic rings. The molecule has 1 heterocycles. The van der Waals surface area contributed by atoms with Gasteiger partial charge in [0, 0.05) is 17.1 Å². The molecule has 3 N–H and O–H groups in total. The van der Waals surface area contributed by atoms with Gasteiger partial charge in [-0.25, -0.2) is 4.79 Å². The Balaban J connectivity index is 1.08. The minimum Gasteiger partial charge on any atom is -0.332 e. The number of nitrogens with zero attached hydrogens (tertiary/aromatic N) is 1. The van der Waals surface area contributed by atoms with Crippen molar-refractivity contribution in [2.75, 3.05) is 18.4 Å². The van der Waals surface area contributed by atoms with Crippen LogP contribution in [0.1, 0.15) is 58.3 Å². The molecule has 4 saturated carbocycles. The summed E-state index contributed by atoms with van der Waals surface area (Å²) in [6.07, 6.45) is 8.55. The first-order valence-electron chi connectivity index (χ1n) is 12.6. The van der Waals surface area contributed by atoms with Crippen LogP contribution in [0.15, 0.2) is 30.3 Å². The smallest absolute Gasteiger partial charge is 0.321 e. The zero-order chi connectivity index (χ0) is 23.0. The lowest BCUT2D eigenvalue weighted by molar-refractivity contribution is -0.126. The molecule has 7 nitrogen and oxygen atoms in total. The van der Waals surface area contributed by atoms with E-state index < -0.39 is 6.04 Å². The Morgan fingerprint density at radius 2 is 1.52 bits per heavy atom. The summed E-state index contributed by atoms with van der Waals surface area (Å²) < 4.78 is 0. The first-order valence-corrected chi connectivity index (χ1v) is 12.6. The Labute approximate surface area is 196 Å². The molecule has 0 spiro atoms. The number of para-hydroxylation sites is 1. The van der Waals surface area contributed by atoms with Crippen LogP contribution in [0.25, 0.3) is 0 Å². The second-order valence-corrected chi connectivity index (χ2v) is 11.0. The maximum absolute atomic E-state index is 12.8. The molecule has 33 heavy (non-hydrogen) atoms. The number of piperidine rings is 1. The highest BCUT2D eigenvalue weighted by molar-refractivity contribution is 5.97. The predicted octanol–water partition coefficient (Wildman–Crippen LogP) is 3.52. The molecule has 4 amide bonds. The number of hydrogen-bond acceptors (Lipinski definition) is 4. The largest absolute Gasteiger partial charge is 0.332 e. The van der Waals surface area contributed by atoms with E-state index >= 15 is 0 Å². The fourth-order valence-corrected chi connectivity index (χ4v) is 7.23. The van der Waals surface area contributed by atoms with Crippen LogP contribution in [-0.2, 0) is 9.59 Å². The van der Waals surface area contributed by atoms with E-state index in [0.29, 0.717) is 25.9 Å². The molecule has 0 aromatic heterocycles. The summed E-state index contributed by atoms with van der Waals surface area (Å²) in [6, 6.07) is 8.75. The molecule has 1 saturated heterocycles. The van der Waals surface area contributed by atoms with Crippen LogP contribution in [0, 0.1) is 23.7 Å². The fourth-order valence-electron chi connectivity index (χ4n) is 7.23. The average Bonchev–Trinajstić information content (AvgIpc) is 2.78. The monoisotopic (exact) mass is 452 g/mol. The van der Waals surface area contributed by atoms with Gasteiger partial charge in [0.2, 0.25) is 11.8 Å². The number of hydrogen-bond donors (Lipinski definition) is 3. The van der Waals surface area contributed by atoms with Crippen LogP contribution >= 0.6 is 0 Å². The van der Waals surface area contributed by atoms with E-state index in [1.807, 2.05) is 37.3 Å². The van der Waals surface area contributed by atoms with Gasteiger partial charge in [0.05, 0.1) is 6.04 Å². The van der Waals surface area contributed by atoms with Gasteiger partial charge in [0.25, 0.3) is 0 Å². The molecule has 178 valence electrons. The molecule has 1 unspecified atom stereocenters. The second-order valence-electron chi connectivity index (χ2n) is 11.0. The Kier molecular flexibility index (Phi) is 6.16. The van der Waals surface area contributed by atoms with Gasteiger partial charge in [0.15, 0.2) is 0 Å². The van der Waals surface area contributed by atoms with Gasteiger partial charge in [-0.1, -0.05) is 18.2 Å². The zero-order valence-electron chi connectivity index (χ0n) is 19.5. The molecule has 4 aliphatic carbocycles. The van der Waals surface area contributed by atoms with Crippen molar-refractivity contribution in [2.45, 2.75) is 69.9 Å². The van der Waals surface area contributed by atoms with E-state index in [-0.39, 0.29) is 29.3 Å². The number of anilines is 1. The minimum atomic E-state index is -0.398. The van der Waals surface area contributed by atoms with Crippen molar-refractivity contribution in [3.63, 3.8) is 0 Å². The lowest BCUT2D eigenvalue weighted by Crippen LogP contribution is -2.62. The number of carbonyl (C=O) groups excluding carboxylic acids is 3. The average molecular weight is 453 g/mol. The van der Waals surface area contributed by atoms with Gasteiger partial charge in [-0.15, -0.1) is 0 Å². The van der Waals surface area contributed by atoms with Crippen molar-refractivity contribution in [1.82, 2.24) is 15.5 Å². The predicted molar refractivity (Wildman–Crippen MR) is 126 cm³/mol. The van der Waals surface area contributed by atoms with Crippen molar-refractivity contribution in [3.05, 3.63) is 30.3 Å². The summed E-state index contributed by atoms with van der Waals surface area (Å²) in [7, 11) is 0.